The Hall–Kier alpha value is -1.61. The molecule has 0 spiro atoms. The Labute approximate surface area is 117 Å². The summed E-state index contributed by atoms with van der Waals surface area (Å²) in [6, 6.07) is 4.07. The van der Waals surface area contributed by atoms with Crippen LogP contribution >= 0.6 is 0 Å². The molecule has 112 valence electrons. The van der Waals surface area contributed by atoms with Crippen molar-refractivity contribution in [3.8, 4) is 0 Å². The number of benzene rings is 1. The fraction of sp³-hybridized carbons (Fsp3) is 0.364. The van der Waals surface area contributed by atoms with E-state index in [1.807, 2.05) is 0 Å². The molecule has 0 aromatic heterocycles. The minimum atomic E-state index is -3.60. The molecule has 0 bridgehead atoms. The molecular weight excluding hydrogens is 304 g/mol. The molecule has 7 nitrogen and oxygen atoms in total. The van der Waals surface area contributed by atoms with Gasteiger partial charge in [-0.2, -0.15) is 0 Å². The lowest BCUT2D eigenvalue weighted by atomic mass is 10.1. The number of hydrogen-bond acceptors (Lipinski definition) is 6. The number of carbonyl (C=O) groups excluding carboxylic acids is 1. The van der Waals surface area contributed by atoms with Crippen molar-refractivity contribution in [3.05, 3.63) is 29.3 Å². The van der Waals surface area contributed by atoms with Crippen LogP contribution in [-0.2, 0) is 25.4 Å². The van der Waals surface area contributed by atoms with Gasteiger partial charge >= 0.3 is 0 Å². The summed E-state index contributed by atoms with van der Waals surface area (Å²) in [5.74, 6) is -1.95. The minimum Gasteiger partial charge on any atom is -0.398 e. The first-order valence-corrected chi connectivity index (χ1v) is 9.45. The number of nitrogen functional groups attached to an aromatic ring is 1. The minimum absolute atomic E-state index is 0.129. The van der Waals surface area contributed by atoms with E-state index in [1.165, 1.54) is 18.2 Å². The third-order valence-corrected chi connectivity index (χ3v) is 5.35. The zero-order valence-corrected chi connectivity index (χ0v) is 12.5. The van der Waals surface area contributed by atoms with E-state index in [-0.39, 0.29) is 17.0 Å². The lowest BCUT2D eigenvalue weighted by Crippen LogP contribution is -2.18. The number of carbonyl (C=O) groups is 1. The Kier molecular flexibility index (Phi) is 4.77. The van der Waals surface area contributed by atoms with Gasteiger partial charge in [0.05, 0.1) is 17.3 Å². The van der Waals surface area contributed by atoms with Gasteiger partial charge in [-0.05, 0) is 17.7 Å². The SMILES string of the molecule is CS(=O)(=O)CCS(=O)(=O)Cc1ccc(C(N)=O)cc1N. The Morgan fingerprint density at radius 3 is 2.20 bits per heavy atom. The lowest BCUT2D eigenvalue weighted by molar-refractivity contribution is 0.100. The van der Waals surface area contributed by atoms with Gasteiger partial charge in [0.25, 0.3) is 0 Å². The van der Waals surface area contributed by atoms with Crippen molar-refractivity contribution in [1.29, 1.82) is 0 Å². The van der Waals surface area contributed by atoms with E-state index < -0.39 is 37.1 Å². The van der Waals surface area contributed by atoms with Gasteiger partial charge in [0.2, 0.25) is 5.91 Å². The summed E-state index contributed by atoms with van der Waals surface area (Å²) in [6.45, 7) is 0. The standard InChI is InChI=1S/C11H16N2O5S2/c1-19(15,16)4-5-20(17,18)7-9-3-2-8(11(13)14)6-10(9)12/h2-3,6H,4-5,7,12H2,1H3,(H2,13,14). The molecule has 0 aliphatic heterocycles. The van der Waals surface area contributed by atoms with Crippen molar-refractivity contribution in [2.75, 3.05) is 23.5 Å². The molecule has 0 heterocycles. The fourth-order valence-corrected chi connectivity index (χ4v) is 4.57. The van der Waals surface area contributed by atoms with Gasteiger partial charge in [0, 0.05) is 17.5 Å². The molecule has 1 aromatic rings. The molecular formula is C11H16N2O5S2. The highest BCUT2D eigenvalue weighted by Crippen LogP contribution is 2.17. The zero-order valence-electron chi connectivity index (χ0n) is 10.9. The Balaban J connectivity index is 2.90. The van der Waals surface area contributed by atoms with Gasteiger partial charge < -0.3 is 11.5 Å². The predicted molar refractivity (Wildman–Crippen MR) is 76.6 cm³/mol. The van der Waals surface area contributed by atoms with Crippen LogP contribution in [0.2, 0.25) is 0 Å². The summed E-state index contributed by atoms with van der Waals surface area (Å²) in [5.41, 5.74) is 11.4. The van der Waals surface area contributed by atoms with Gasteiger partial charge in [0.1, 0.15) is 9.84 Å². The van der Waals surface area contributed by atoms with Crippen molar-refractivity contribution in [1.82, 2.24) is 0 Å². The first-order chi connectivity index (χ1) is 9.00. The summed E-state index contributed by atoms with van der Waals surface area (Å²) < 4.78 is 45.6. The highest BCUT2D eigenvalue weighted by atomic mass is 32.2. The summed E-state index contributed by atoms with van der Waals surface area (Å²) in [6.07, 6.45) is 0.971. The molecule has 0 unspecified atom stereocenters. The monoisotopic (exact) mass is 320 g/mol. The van der Waals surface area contributed by atoms with E-state index in [4.69, 9.17) is 11.5 Å². The second-order valence-corrected chi connectivity index (χ2v) is 8.94. The molecule has 1 amide bonds. The van der Waals surface area contributed by atoms with E-state index in [2.05, 4.69) is 0 Å². The predicted octanol–water partition coefficient (Wildman–Crippen LogP) is -0.673. The quantitative estimate of drug-likeness (QED) is 0.667. The van der Waals surface area contributed by atoms with E-state index in [9.17, 15) is 21.6 Å². The van der Waals surface area contributed by atoms with E-state index in [0.717, 1.165) is 6.26 Å². The van der Waals surface area contributed by atoms with Crippen LogP contribution in [0.15, 0.2) is 18.2 Å². The van der Waals surface area contributed by atoms with Crippen molar-refractivity contribution in [3.63, 3.8) is 0 Å². The van der Waals surface area contributed by atoms with Gasteiger partial charge in [-0.1, -0.05) is 6.07 Å². The Morgan fingerprint density at radius 1 is 1.15 bits per heavy atom. The largest absolute Gasteiger partial charge is 0.398 e. The van der Waals surface area contributed by atoms with Gasteiger partial charge in [-0.15, -0.1) is 0 Å². The summed E-state index contributed by atoms with van der Waals surface area (Å²) in [5, 5.41) is 0. The molecule has 1 rings (SSSR count). The van der Waals surface area contributed by atoms with Gasteiger partial charge in [-0.25, -0.2) is 16.8 Å². The molecule has 0 aliphatic carbocycles. The lowest BCUT2D eigenvalue weighted by Gasteiger charge is -2.08. The van der Waals surface area contributed by atoms with Crippen LogP contribution in [0.3, 0.4) is 0 Å². The highest BCUT2D eigenvalue weighted by Gasteiger charge is 2.17. The summed E-state index contributed by atoms with van der Waals surface area (Å²) >= 11 is 0. The summed E-state index contributed by atoms with van der Waals surface area (Å²) in [4.78, 5) is 10.9. The Bertz CT molecular complexity index is 723. The van der Waals surface area contributed by atoms with Crippen molar-refractivity contribution >= 4 is 31.3 Å². The zero-order chi connectivity index (χ0) is 15.6. The second-order valence-electron chi connectivity index (χ2n) is 4.50. The van der Waals surface area contributed by atoms with Crippen molar-refractivity contribution < 1.29 is 21.6 Å². The number of anilines is 1. The Morgan fingerprint density at radius 2 is 1.75 bits per heavy atom. The van der Waals surface area contributed by atoms with Crippen LogP contribution < -0.4 is 11.5 Å². The van der Waals surface area contributed by atoms with Crippen LogP contribution in [0, 0.1) is 0 Å². The molecule has 0 radical (unpaired) electrons. The first-order valence-electron chi connectivity index (χ1n) is 5.56. The average Bonchev–Trinajstić information content (AvgIpc) is 2.28. The molecule has 0 atom stereocenters. The molecule has 0 aliphatic rings. The smallest absolute Gasteiger partial charge is 0.248 e. The molecule has 4 N–H and O–H groups in total. The van der Waals surface area contributed by atoms with Crippen LogP contribution in [0.25, 0.3) is 0 Å². The third-order valence-electron chi connectivity index (χ3n) is 2.57. The fourth-order valence-electron chi connectivity index (χ4n) is 1.47. The van der Waals surface area contributed by atoms with Crippen molar-refractivity contribution in [2.24, 2.45) is 5.73 Å². The number of sulfone groups is 2. The van der Waals surface area contributed by atoms with Crippen LogP contribution in [0.5, 0.6) is 0 Å². The highest BCUT2D eigenvalue weighted by molar-refractivity contribution is 7.94. The van der Waals surface area contributed by atoms with Crippen molar-refractivity contribution in [2.45, 2.75) is 5.75 Å². The third kappa shape index (κ3) is 5.17. The van der Waals surface area contributed by atoms with Gasteiger partial charge in [0.15, 0.2) is 9.84 Å². The number of primary amides is 1. The second kappa shape index (κ2) is 5.80. The van der Waals surface area contributed by atoms with Crippen LogP contribution in [0.4, 0.5) is 5.69 Å². The molecule has 0 saturated heterocycles. The molecule has 0 saturated carbocycles. The maximum Gasteiger partial charge on any atom is 0.248 e. The number of amides is 1. The maximum absolute atomic E-state index is 11.8. The molecule has 20 heavy (non-hydrogen) atoms. The van der Waals surface area contributed by atoms with Crippen LogP contribution in [-0.4, -0.2) is 40.5 Å². The molecule has 0 fully saturated rings. The van der Waals surface area contributed by atoms with E-state index >= 15 is 0 Å². The maximum atomic E-state index is 11.8. The average molecular weight is 320 g/mol. The van der Waals surface area contributed by atoms with E-state index in [1.54, 1.807) is 0 Å². The first kappa shape index (κ1) is 16.4. The molecule has 1 aromatic carbocycles. The number of hydrogen-bond donors (Lipinski definition) is 2. The van der Waals surface area contributed by atoms with Crippen LogP contribution in [0.1, 0.15) is 15.9 Å². The normalized spacial score (nSPS) is 12.2. The topological polar surface area (TPSA) is 137 Å². The number of rotatable bonds is 6. The van der Waals surface area contributed by atoms with E-state index in [0.29, 0.717) is 5.56 Å². The number of nitrogens with two attached hydrogens (primary N) is 2. The van der Waals surface area contributed by atoms with Gasteiger partial charge in [-0.3, -0.25) is 4.79 Å². The summed E-state index contributed by atoms with van der Waals surface area (Å²) in [7, 11) is -6.95. The molecule has 9 heteroatoms.